The van der Waals surface area contributed by atoms with E-state index >= 15 is 0 Å². The normalized spacial score (nSPS) is 12.6. The van der Waals surface area contributed by atoms with Gasteiger partial charge in [0.1, 0.15) is 0 Å². The molecule has 0 saturated heterocycles. The fourth-order valence-corrected chi connectivity index (χ4v) is 7.51. The predicted molar refractivity (Wildman–Crippen MR) is 170 cm³/mol. The van der Waals surface area contributed by atoms with Crippen molar-refractivity contribution in [2.75, 3.05) is 0 Å². The van der Waals surface area contributed by atoms with Crippen LogP contribution in [0, 0.1) is 6.92 Å². The summed E-state index contributed by atoms with van der Waals surface area (Å²) < 4.78 is 2.66. The minimum Gasteiger partial charge on any atom is -0.335 e. The molecule has 8 aromatic rings. The zero-order valence-electron chi connectivity index (χ0n) is 22.4. The molecular formula is C39H27N. The third-order valence-electron chi connectivity index (χ3n) is 9.07. The van der Waals surface area contributed by atoms with Crippen molar-refractivity contribution in [1.29, 1.82) is 0 Å². The molecule has 0 fully saturated rings. The van der Waals surface area contributed by atoms with Crippen LogP contribution in [0.25, 0.3) is 65.3 Å². The van der Waals surface area contributed by atoms with Crippen LogP contribution in [0.1, 0.15) is 22.3 Å². The van der Waals surface area contributed by atoms with Crippen LogP contribution in [-0.2, 0) is 13.0 Å². The molecule has 188 valence electrons. The summed E-state index contributed by atoms with van der Waals surface area (Å²) in [4.78, 5) is 0. The van der Waals surface area contributed by atoms with E-state index in [4.69, 9.17) is 0 Å². The lowest BCUT2D eigenvalue weighted by Crippen LogP contribution is -2.03. The molecule has 1 aromatic heterocycles. The van der Waals surface area contributed by atoms with Gasteiger partial charge in [-0.05, 0) is 61.7 Å². The zero-order chi connectivity index (χ0) is 26.4. The standard InChI is InChI=1S/C39H27N/c1-24-20-26-11-3-5-13-29(26)28(21-24)23-40-38-31-15-7-2-10-25(31)18-19-34(38)37-33-17-9-8-16-32(33)36-30-14-6-4-12-27(30)22-35(36)39(37)40/h2-21H,22-23H2,1H3. The minimum absolute atomic E-state index is 0.831. The quantitative estimate of drug-likeness (QED) is 0.218. The molecule has 1 heteroatoms. The van der Waals surface area contributed by atoms with E-state index in [0.717, 1.165) is 13.0 Å². The smallest absolute Gasteiger partial charge is 0.0574 e. The Morgan fingerprint density at radius 1 is 0.575 bits per heavy atom. The number of benzene rings is 7. The maximum Gasteiger partial charge on any atom is 0.0574 e. The van der Waals surface area contributed by atoms with E-state index < -0.39 is 0 Å². The molecule has 0 bridgehead atoms. The van der Waals surface area contributed by atoms with Gasteiger partial charge in [-0.25, -0.2) is 0 Å². The topological polar surface area (TPSA) is 4.93 Å². The second-order valence-corrected chi connectivity index (χ2v) is 11.4. The molecule has 0 unspecified atom stereocenters. The Balaban J connectivity index is 1.50. The molecule has 0 N–H and O–H groups in total. The first-order valence-corrected chi connectivity index (χ1v) is 14.2. The lowest BCUT2D eigenvalue weighted by atomic mass is 9.93. The molecule has 0 atom stereocenters. The van der Waals surface area contributed by atoms with Gasteiger partial charge in [-0.15, -0.1) is 0 Å². The first-order valence-electron chi connectivity index (χ1n) is 14.2. The Labute approximate surface area is 232 Å². The van der Waals surface area contributed by atoms with Gasteiger partial charge in [-0.3, -0.25) is 0 Å². The van der Waals surface area contributed by atoms with Crippen LogP contribution in [0.4, 0.5) is 0 Å². The fraction of sp³-hybridized carbons (Fsp3) is 0.0769. The highest BCUT2D eigenvalue weighted by molar-refractivity contribution is 6.29. The van der Waals surface area contributed by atoms with Crippen LogP contribution in [-0.4, -0.2) is 4.57 Å². The van der Waals surface area contributed by atoms with Crippen molar-refractivity contribution in [3.63, 3.8) is 0 Å². The number of fused-ring (bicyclic) bond motifs is 13. The summed E-state index contributed by atoms with van der Waals surface area (Å²) in [5.74, 6) is 0. The number of aryl methyl sites for hydroxylation is 1. The minimum atomic E-state index is 0.831. The van der Waals surface area contributed by atoms with Gasteiger partial charge < -0.3 is 4.57 Å². The van der Waals surface area contributed by atoms with Crippen molar-refractivity contribution in [2.24, 2.45) is 0 Å². The first kappa shape index (κ1) is 22.0. The molecule has 0 aliphatic heterocycles. The summed E-state index contributed by atoms with van der Waals surface area (Å²) in [6.07, 6.45) is 0.968. The molecule has 0 amide bonds. The van der Waals surface area contributed by atoms with Gasteiger partial charge in [0.15, 0.2) is 0 Å². The number of rotatable bonds is 2. The van der Waals surface area contributed by atoms with Gasteiger partial charge in [0, 0.05) is 29.1 Å². The van der Waals surface area contributed by atoms with Crippen LogP contribution in [0.3, 0.4) is 0 Å². The highest BCUT2D eigenvalue weighted by atomic mass is 15.0. The molecule has 40 heavy (non-hydrogen) atoms. The largest absolute Gasteiger partial charge is 0.335 e. The van der Waals surface area contributed by atoms with Gasteiger partial charge in [0.2, 0.25) is 0 Å². The molecule has 1 aliphatic rings. The highest BCUT2D eigenvalue weighted by Gasteiger charge is 2.28. The summed E-state index contributed by atoms with van der Waals surface area (Å²) >= 11 is 0. The van der Waals surface area contributed by atoms with Gasteiger partial charge in [-0.2, -0.15) is 0 Å². The Kier molecular flexibility index (Phi) is 4.43. The fourth-order valence-electron chi connectivity index (χ4n) is 7.51. The van der Waals surface area contributed by atoms with E-state index in [9.17, 15) is 0 Å². The van der Waals surface area contributed by atoms with E-state index in [2.05, 4.69) is 133 Å². The predicted octanol–water partition coefficient (Wildman–Crippen LogP) is 10.2. The van der Waals surface area contributed by atoms with Crippen LogP contribution >= 0.6 is 0 Å². The van der Waals surface area contributed by atoms with Crippen LogP contribution in [0.15, 0.2) is 121 Å². The van der Waals surface area contributed by atoms with Crippen molar-refractivity contribution >= 4 is 54.1 Å². The summed E-state index contributed by atoms with van der Waals surface area (Å²) in [7, 11) is 0. The molecule has 0 spiro atoms. The Morgan fingerprint density at radius 2 is 1.27 bits per heavy atom. The Hall–Kier alpha value is -4.88. The lowest BCUT2D eigenvalue weighted by molar-refractivity contribution is 0.873. The van der Waals surface area contributed by atoms with Crippen LogP contribution < -0.4 is 0 Å². The molecule has 7 aromatic carbocycles. The maximum atomic E-state index is 2.66. The van der Waals surface area contributed by atoms with Crippen molar-refractivity contribution in [3.8, 4) is 11.1 Å². The Bertz CT molecular complexity index is 2330. The summed E-state index contributed by atoms with van der Waals surface area (Å²) in [6, 6.07) is 45.2. The summed E-state index contributed by atoms with van der Waals surface area (Å²) in [5, 5.41) is 10.7. The van der Waals surface area contributed by atoms with E-state index in [-0.39, 0.29) is 0 Å². The molecule has 1 heterocycles. The highest BCUT2D eigenvalue weighted by Crippen LogP contribution is 2.49. The number of hydrogen-bond acceptors (Lipinski definition) is 0. The van der Waals surface area contributed by atoms with Crippen molar-refractivity contribution in [2.45, 2.75) is 19.9 Å². The van der Waals surface area contributed by atoms with E-state index in [1.54, 1.807) is 0 Å². The maximum absolute atomic E-state index is 2.66. The number of hydrogen-bond donors (Lipinski definition) is 0. The molecule has 9 rings (SSSR count). The van der Waals surface area contributed by atoms with Crippen LogP contribution in [0.5, 0.6) is 0 Å². The average Bonchev–Trinajstić information content (AvgIpc) is 3.54. The van der Waals surface area contributed by atoms with Gasteiger partial charge >= 0.3 is 0 Å². The third kappa shape index (κ3) is 2.92. The molecule has 0 saturated carbocycles. The van der Waals surface area contributed by atoms with E-state index in [0.29, 0.717) is 0 Å². The number of aromatic nitrogens is 1. The molecular weight excluding hydrogens is 482 g/mol. The number of nitrogens with zero attached hydrogens (tertiary/aromatic N) is 1. The van der Waals surface area contributed by atoms with Crippen molar-refractivity contribution < 1.29 is 0 Å². The van der Waals surface area contributed by atoms with Crippen LogP contribution in [0.2, 0.25) is 0 Å². The summed E-state index contributed by atoms with van der Waals surface area (Å²) in [5.41, 5.74) is 11.1. The third-order valence-corrected chi connectivity index (χ3v) is 9.07. The molecule has 0 radical (unpaired) electrons. The van der Waals surface area contributed by atoms with E-state index in [1.807, 2.05) is 0 Å². The van der Waals surface area contributed by atoms with Gasteiger partial charge in [-0.1, -0.05) is 127 Å². The molecule has 1 aliphatic carbocycles. The lowest BCUT2D eigenvalue weighted by Gasteiger charge is -2.16. The first-order chi connectivity index (χ1) is 19.8. The van der Waals surface area contributed by atoms with Gasteiger partial charge in [0.05, 0.1) is 11.0 Å². The SMILES string of the molecule is Cc1cc(Cn2c3c4c(c5ccccc5c3c3ccc5ccccc5c32)-c2ccccc2C4)c2ccccc2c1. The van der Waals surface area contributed by atoms with Crippen molar-refractivity contribution in [1.82, 2.24) is 4.57 Å². The van der Waals surface area contributed by atoms with Gasteiger partial charge in [0.25, 0.3) is 0 Å². The second kappa shape index (κ2) is 8.07. The van der Waals surface area contributed by atoms with Crippen molar-refractivity contribution in [3.05, 3.63) is 144 Å². The summed E-state index contributed by atoms with van der Waals surface area (Å²) in [6.45, 7) is 3.05. The average molecular weight is 510 g/mol. The molecule has 1 nitrogen and oxygen atoms in total. The Morgan fingerprint density at radius 3 is 2.15 bits per heavy atom. The van der Waals surface area contributed by atoms with E-state index in [1.165, 1.54) is 87.5 Å². The zero-order valence-corrected chi connectivity index (χ0v) is 22.4. The second-order valence-electron chi connectivity index (χ2n) is 11.4. The monoisotopic (exact) mass is 509 g/mol.